The summed E-state index contributed by atoms with van der Waals surface area (Å²) in [4.78, 5) is 34.5. The molecule has 0 saturated heterocycles. The SMILES string of the molecule is COc1ccc2c(c1)c(CCNC(C)=O)cn2C(=O)OCc1ccccc1[N+](=O)[O-]. The van der Waals surface area contributed by atoms with E-state index in [0.29, 0.717) is 29.8 Å². The van der Waals surface area contributed by atoms with E-state index in [9.17, 15) is 19.7 Å². The molecular formula is C21H21N3O6. The fraction of sp³-hybridized carbons (Fsp3) is 0.238. The predicted octanol–water partition coefficient (Wildman–Crippen LogP) is 3.42. The van der Waals surface area contributed by atoms with Crippen LogP contribution in [0.3, 0.4) is 0 Å². The number of aromatic nitrogens is 1. The van der Waals surface area contributed by atoms with Crippen LogP contribution in [-0.2, 0) is 22.6 Å². The number of nitro benzene ring substituents is 1. The Hall–Kier alpha value is -3.88. The molecule has 9 heteroatoms. The Morgan fingerprint density at radius 1 is 1.17 bits per heavy atom. The number of para-hydroxylation sites is 1. The summed E-state index contributed by atoms with van der Waals surface area (Å²) < 4.78 is 12.0. The van der Waals surface area contributed by atoms with Crippen molar-refractivity contribution in [1.29, 1.82) is 0 Å². The number of nitrogens with one attached hydrogen (secondary N) is 1. The number of nitrogens with zero attached hydrogens (tertiary/aromatic N) is 2. The van der Waals surface area contributed by atoms with Gasteiger partial charge in [-0.05, 0) is 36.2 Å². The number of methoxy groups -OCH3 is 1. The number of amides is 1. The number of rotatable bonds is 7. The van der Waals surface area contributed by atoms with Gasteiger partial charge in [0.2, 0.25) is 5.91 Å². The highest BCUT2D eigenvalue weighted by Crippen LogP contribution is 2.27. The molecule has 3 rings (SSSR count). The minimum atomic E-state index is -0.658. The summed E-state index contributed by atoms with van der Waals surface area (Å²) in [6.07, 6.45) is 1.50. The van der Waals surface area contributed by atoms with Crippen LogP contribution in [0.2, 0.25) is 0 Å². The lowest BCUT2D eigenvalue weighted by Gasteiger charge is -2.07. The Labute approximate surface area is 172 Å². The van der Waals surface area contributed by atoms with Gasteiger partial charge in [-0.3, -0.25) is 19.5 Å². The Morgan fingerprint density at radius 3 is 2.63 bits per heavy atom. The summed E-state index contributed by atoms with van der Waals surface area (Å²) >= 11 is 0. The van der Waals surface area contributed by atoms with E-state index in [1.165, 1.54) is 17.6 Å². The van der Waals surface area contributed by atoms with Crippen LogP contribution in [0.1, 0.15) is 18.1 Å². The van der Waals surface area contributed by atoms with Gasteiger partial charge in [0.25, 0.3) is 5.69 Å². The third-order valence-electron chi connectivity index (χ3n) is 4.60. The van der Waals surface area contributed by atoms with E-state index in [1.807, 2.05) is 6.07 Å². The molecule has 0 saturated carbocycles. The second-order valence-corrected chi connectivity index (χ2v) is 6.58. The highest BCUT2D eigenvalue weighted by Gasteiger charge is 2.18. The van der Waals surface area contributed by atoms with Crippen LogP contribution in [-0.4, -0.2) is 35.1 Å². The molecule has 0 unspecified atom stereocenters. The molecule has 2 aromatic carbocycles. The molecule has 30 heavy (non-hydrogen) atoms. The van der Waals surface area contributed by atoms with Crippen molar-refractivity contribution in [1.82, 2.24) is 9.88 Å². The highest BCUT2D eigenvalue weighted by molar-refractivity contribution is 5.93. The molecule has 0 aliphatic rings. The minimum absolute atomic E-state index is 0.108. The van der Waals surface area contributed by atoms with Gasteiger partial charge >= 0.3 is 6.09 Å². The summed E-state index contributed by atoms with van der Waals surface area (Å²) in [5, 5.41) is 14.7. The Balaban J connectivity index is 1.86. The van der Waals surface area contributed by atoms with Gasteiger partial charge in [-0.2, -0.15) is 0 Å². The molecule has 9 nitrogen and oxygen atoms in total. The van der Waals surface area contributed by atoms with Crippen molar-refractivity contribution in [3.05, 3.63) is 69.9 Å². The number of fused-ring (bicyclic) bond motifs is 1. The first-order valence-corrected chi connectivity index (χ1v) is 9.22. The molecule has 0 radical (unpaired) electrons. The first-order chi connectivity index (χ1) is 14.4. The molecule has 1 heterocycles. The first kappa shape index (κ1) is 20.8. The number of benzene rings is 2. The maximum atomic E-state index is 12.7. The number of carbonyl (C=O) groups excluding carboxylic acids is 2. The van der Waals surface area contributed by atoms with Gasteiger partial charge in [-0.1, -0.05) is 12.1 Å². The minimum Gasteiger partial charge on any atom is -0.497 e. The largest absolute Gasteiger partial charge is 0.497 e. The standard InChI is InChI=1S/C21H21N3O6/c1-14(25)22-10-9-15-12-23(20-8-7-17(29-2)11-18(15)20)21(26)30-13-16-5-3-4-6-19(16)24(27)28/h3-8,11-12H,9-10,13H2,1-2H3,(H,22,25). The van der Waals surface area contributed by atoms with E-state index in [4.69, 9.17) is 9.47 Å². The lowest BCUT2D eigenvalue weighted by Crippen LogP contribution is -2.22. The molecule has 0 aliphatic carbocycles. The molecule has 3 aromatic rings. The van der Waals surface area contributed by atoms with Crippen molar-refractivity contribution in [2.24, 2.45) is 0 Å². The van der Waals surface area contributed by atoms with Crippen LogP contribution in [0.15, 0.2) is 48.7 Å². The van der Waals surface area contributed by atoms with E-state index in [0.717, 1.165) is 10.9 Å². The molecule has 1 aromatic heterocycles. The average Bonchev–Trinajstić information content (AvgIpc) is 3.09. The normalized spacial score (nSPS) is 10.6. The number of hydrogen-bond donors (Lipinski definition) is 1. The Morgan fingerprint density at radius 2 is 1.93 bits per heavy atom. The van der Waals surface area contributed by atoms with Gasteiger partial charge in [-0.25, -0.2) is 4.79 Å². The van der Waals surface area contributed by atoms with E-state index in [-0.39, 0.29) is 18.2 Å². The van der Waals surface area contributed by atoms with Gasteiger partial charge in [0, 0.05) is 31.1 Å². The summed E-state index contributed by atoms with van der Waals surface area (Å²) in [5.41, 5.74) is 1.64. The molecule has 0 aliphatic heterocycles. The van der Waals surface area contributed by atoms with Gasteiger partial charge in [0.1, 0.15) is 12.4 Å². The number of hydrogen-bond acceptors (Lipinski definition) is 6. The van der Waals surface area contributed by atoms with Crippen LogP contribution in [0.25, 0.3) is 10.9 Å². The van der Waals surface area contributed by atoms with Crippen LogP contribution < -0.4 is 10.1 Å². The second-order valence-electron chi connectivity index (χ2n) is 6.58. The summed E-state index contributed by atoms with van der Waals surface area (Å²) in [5.74, 6) is 0.495. The zero-order valence-electron chi connectivity index (χ0n) is 16.6. The summed E-state index contributed by atoms with van der Waals surface area (Å²) in [6, 6.07) is 11.4. The van der Waals surface area contributed by atoms with E-state index in [2.05, 4.69) is 5.32 Å². The molecule has 0 atom stereocenters. The third-order valence-corrected chi connectivity index (χ3v) is 4.60. The van der Waals surface area contributed by atoms with Crippen LogP contribution in [0.4, 0.5) is 10.5 Å². The summed E-state index contributed by atoms with van der Waals surface area (Å²) in [7, 11) is 1.55. The second kappa shape index (κ2) is 9.08. The van der Waals surface area contributed by atoms with Crippen molar-refractivity contribution in [3.8, 4) is 5.75 Å². The number of ether oxygens (including phenoxy) is 2. The van der Waals surface area contributed by atoms with Crippen molar-refractivity contribution in [2.75, 3.05) is 13.7 Å². The van der Waals surface area contributed by atoms with Crippen LogP contribution in [0.5, 0.6) is 5.75 Å². The fourth-order valence-electron chi connectivity index (χ4n) is 3.15. The third kappa shape index (κ3) is 4.57. The fourth-order valence-corrected chi connectivity index (χ4v) is 3.15. The Kier molecular flexibility index (Phi) is 6.31. The van der Waals surface area contributed by atoms with Crippen LogP contribution >= 0.6 is 0 Å². The lowest BCUT2D eigenvalue weighted by atomic mass is 10.1. The van der Waals surface area contributed by atoms with Gasteiger partial charge in [0.15, 0.2) is 0 Å². The highest BCUT2D eigenvalue weighted by atomic mass is 16.6. The van der Waals surface area contributed by atoms with Crippen LogP contribution in [0, 0.1) is 10.1 Å². The van der Waals surface area contributed by atoms with E-state index >= 15 is 0 Å². The summed E-state index contributed by atoms with van der Waals surface area (Å²) in [6.45, 7) is 1.62. The van der Waals surface area contributed by atoms with Crippen molar-refractivity contribution in [2.45, 2.75) is 20.0 Å². The zero-order chi connectivity index (χ0) is 21.7. The molecule has 0 fully saturated rings. The molecule has 0 bridgehead atoms. The monoisotopic (exact) mass is 411 g/mol. The number of nitro groups is 1. The van der Waals surface area contributed by atoms with E-state index in [1.54, 1.807) is 43.6 Å². The number of carbonyl (C=O) groups is 2. The molecule has 1 amide bonds. The predicted molar refractivity (Wildman–Crippen MR) is 110 cm³/mol. The molecular weight excluding hydrogens is 390 g/mol. The average molecular weight is 411 g/mol. The van der Waals surface area contributed by atoms with Gasteiger partial charge in [0.05, 0.1) is 23.1 Å². The molecule has 156 valence electrons. The zero-order valence-corrected chi connectivity index (χ0v) is 16.6. The van der Waals surface area contributed by atoms with Crippen molar-refractivity contribution < 1.29 is 24.0 Å². The lowest BCUT2D eigenvalue weighted by molar-refractivity contribution is -0.385. The maximum absolute atomic E-state index is 12.7. The maximum Gasteiger partial charge on any atom is 0.418 e. The van der Waals surface area contributed by atoms with Gasteiger partial charge in [-0.15, -0.1) is 0 Å². The smallest absolute Gasteiger partial charge is 0.418 e. The van der Waals surface area contributed by atoms with Crippen molar-refractivity contribution >= 4 is 28.6 Å². The first-order valence-electron chi connectivity index (χ1n) is 9.22. The van der Waals surface area contributed by atoms with Crippen molar-refractivity contribution in [3.63, 3.8) is 0 Å². The van der Waals surface area contributed by atoms with Gasteiger partial charge < -0.3 is 14.8 Å². The molecule has 0 spiro atoms. The quantitative estimate of drug-likeness (QED) is 0.471. The topological polar surface area (TPSA) is 113 Å². The Bertz CT molecular complexity index is 1110. The molecule has 1 N–H and O–H groups in total. The van der Waals surface area contributed by atoms with E-state index < -0.39 is 11.0 Å².